The summed E-state index contributed by atoms with van der Waals surface area (Å²) in [7, 11) is 1.16. The van der Waals surface area contributed by atoms with Crippen molar-refractivity contribution >= 4 is 40.6 Å². The molecule has 0 atom stereocenters. The van der Waals surface area contributed by atoms with Crippen molar-refractivity contribution in [1.82, 2.24) is 0 Å². The Balaban J connectivity index is 2.88. The molecule has 0 fully saturated rings. The van der Waals surface area contributed by atoms with Gasteiger partial charge in [-0.15, -0.1) is 0 Å². The Labute approximate surface area is 108 Å². The van der Waals surface area contributed by atoms with E-state index in [4.69, 9.17) is 28.5 Å². The molecule has 1 aromatic rings. The summed E-state index contributed by atoms with van der Waals surface area (Å²) in [4.78, 5) is 11.0. The standard InChI is InChI=1S/C10H7Cl2N3O2/c1-17-10(16)9(5-13)15-14-8-3-6(11)2-7(12)4-8/h2-4,14H,1H3/b15-9+. The van der Waals surface area contributed by atoms with Gasteiger partial charge in [0.25, 0.3) is 0 Å². The van der Waals surface area contributed by atoms with Crippen molar-refractivity contribution in [2.24, 2.45) is 5.10 Å². The van der Waals surface area contributed by atoms with E-state index in [1.54, 1.807) is 24.3 Å². The fourth-order valence-corrected chi connectivity index (χ4v) is 1.48. The summed E-state index contributed by atoms with van der Waals surface area (Å²) in [5.41, 5.74) is 2.55. The molecule has 7 heteroatoms. The van der Waals surface area contributed by atoms with Crippen molar-refractivity contribution < 1.29 is 9.53 Å². The molecule has 5 nitrogen and oxygen atoms in total. The lowest BCUT2D eigenvalue weighted by atomic mass is 10.3. The lowest BCUT2D eigenvalue weighted by molar-refractivity contribution is -0.132. The lowest BCUT2D eigenvalue weighted by Crippen LogP contribution is -2.15. The topological polar surface area (TPSA) is 74.5 Å². The van der Waals surface area contributed by atoms with E-state index in [0.29, 0.717) is 15.7 Å². The van der Waals surface area contributed by atoms with E-state index >= 15 is 0 Å². The maximum absolute atomic E-state index is 11.0. The summed E-state index contributed by atoms with van der Waals surface area (Å²) in [5, 5.41) is 13.0. The van der Waals surface area contributed by atoms with Gasteiger partial charge in [0.2, 0.25) is 5.71 Å². The highest BCUT2D eigenvalue weighted by atomic mass is 35.5. The van der Waals surface area contributed by atoms with Crippen LogP contribution in [0, 0.1) is 11.3 Å². The van der Waals surface area contributed by atoms with Gasteiger partial charge in [0.1, 0.15) is 6.07 Å². The fraction of sp³-hybridized carbons (Fsp3) is 0.100. The SMILES string of the molecule is COC(=O)/C(C#N)=N/Nc1cc(Cl)cc(Cl)c1. The summed E-state index contributed by atoms with van der Waals surface area (Å²) in [6.07, 6.45) is 0. The minimum Gasteiger partial charge on any atom is -0.464 e. The number of hydrogen-bond donors (Lipinski definition) is 1. The normalized spacial score (nSPS) is 10.6. The minimum atomic E-state index is -0.826. The lowest BCUT2D eigenvalue weighted by Gasteiger charge is -2.02. The van der Waals surface area contributed by atoms with Gasteiger partial charge in [-0.1, -0.05) is 23.2 Å². The number of hydrazone groups is 1. The van der Waals surface area contributed by atoms with Crippen LogP contribution in [0.5, 0.6) is 0 Å². The number of halogens is 2. The highest BCUT2D eigenvalue weighted by Gasteiger charge is 2.10. The first kappa shape index (κ1) is 13.3. The first-order valence-electron chi connectivity index (χ1n) is 4.35. The number of carbonyl (C=O) groups excluding carboxylic acids is 1. The molecule has 0 saturated carbocycles. The maximum atomic E-state index is 11.0. The number of nitriles is 1. The number of ether oxygens (including phenoxy) is 1. The van der Waals surface area contributed by atoms with Crippen molar-refractivity contribution in [2.45, 2.75) is 0 Å². The largest absolute Gasteiger partial charge is 0.464 e. The second-order valence-corrected chi connectivity index (χ2v) is 3.71. The predicted octanol–water partition coefficient (Wildman–Crippen LogP) is 2.46. The van der Waals surface area contributed by atoms with Crippen molar-refractivity contribution in [2.75, 3.05) is 12.5 Å². The van der Waals surface area contributed by atoms with Crippen LogP contribution in [0.2, 0.25) is 10.0 Å². The molecule has 1 rings (SSSR count). The molecule has 0 saturated heterocycles. The van der Waals surface area contributed by atoms with Gasteiger partial charge in [0.05, 0.1) is 12.8 Å². The van der Waals surface area contributed by atoms with Crippen LogP contribution in [0.15, 0.2) is 23.3 Å². The van der Waals surface area contributed by atoms with Crippen LogP contribution in [0.1, 0.15) is 0 Å². The summed E-state index contributed by atoms with van der Waals surface area (Å²) in [6.45, 7) is 0. The number of nitrogens with one attached hydrogen (secondary N) is 1. The predicted molar refractivity (Wildman–Crippen MR) is 65.1 cm³/mol. The monoisotopic (exact) mass is 271 g/mol. The Morgan fingerprint density at radius 1 is 1.41 bits per heavy atom. The highest BCUT2D eigenvalue weighted by Crippen LogP contribution is 2.22. The molecule has 0 amide bonds. The van der Waals surface area contributed by atoms with Gasteiger partial charge in [-0.25, -0.2) is 4.79 Å². The number of benzene rings is 1. The Morgan fingerprint density at radius 3 is 2.47 bits per heavy atom. The molecule has 17 heavy (non-hydrogen) atoms. The number of methoxy groups -OCH3 is 1. The second-order valence-electron chi connectivity index (χ2n) is 2.83. The van der Waals surface area contributed by atoms with Gasteiger partial charge in [-0.05, 0) is 18.2 Å². The second kappa shape index (κ2) is 6.09. The molecule has 0 heterocycles. The van der Waals surface area contributed by atoms with E-state index in [2.05, 4.69) is 15.3 Å². The van der Waals surface area contributed by atoms with Crippen LogP contribution in [0.4, 0.5) is 5.69 Å². The zero-order chi connectivity index (χ0) is 12.8. The number of carbonyl (C=O) groups is 1. The Kier molecular flexibility index (Phi) is 4.76. The summed E-state index contributed by atoms with van der Waals surface area (Å²) in [5.74, 6) is -0.826. The Hall–Kier alpha value is -1.77. The van der Waals surface area contributed by atoms with Crippen LogP contribution < -0.4 is 5.43 Å². The molecule has 0 radical (unpaired) electrons. The highest BCUT2D eigenvalue weighted by molar-refractivity contribution is 6.43. The van der Waals surface area contributed by atoms with Gasteiger partial charge >= 0.3 is 5.97 Å². The van der Waals surface area contributed by atoms with Crippen LogP contribution in [0.25, 0.3) is 0 Å². The maximum Gasteiger partial charge on any atom is 0.369 e. The first-order chi connectivity index (χ1) is 8.06. The first-order valence-corrected chi connectivity index (χ1v) is 5.10. The number of anilines is 1. The van der Waals surface area contributed by atoms with Gasteiger partial charge in [-0.3, -0.25) is 5.43 Å². The van der Waals surface area contributed by atoms with E-state index in [-0.39, 0.29) is 0 Å². The average Bonchev–Trinajstić information content (AvgIpc) is 2.28. The molecule has 0 aliphatic rings. The van der Waals surface area contributed by atoms with Crippen LogP contribution in [-0.4, -0.2) is 18.8 Å². The fourth-order valence-electron chi connectivity index (χ4n) is 0.952. The van der Waals surface area contributed by atoms with Crippen LogP contribution in [0.3, 0.4) is 0 Å². The Bertz CT molecular complexity index is 489. The third-order valence-electron chi connectivity index (χ3n) is 1.64. The molecule has 1 aromatic carbocycles. The molecule has 0 aromatic heterocycles. The summed E-state index contributed by atoms with van der Waals surface area (Å²) in [6, 6.07) is 6.23. The van der Waals surface area contributed by atoms with E-state index < -0.39 is 11.7 Å². The number of hydrogen-bond acceptors (Lipinski definition) is 5. The third-order valence-corrected chi connectivity index (χ3v) is 2.08. The summed E-state index contributed by atoms with van der Waals surface area (Å²) < 4.78 is 4.35. The van der Waals surface area contributed by atoms with Crippen molar-refractivity contribution in [1.29, 1.82) is 5.26 Å². The number of rotatable bonds is 3. The van der Waals surface area contributed by atoms with Gasteiger partial charge < -0.3 is 4.74 Å². The molecular weight excluding hydrogens is 265 g/mol. The molecule has 0 unspecified atom stereocenters. The zero-order valence-electron chi connectivity index (χ0n) is 8.70. The van der Waals surface area contributed by atoms with Gasteiger partial charge in [0.15, 0.2) is 0 Å². The summed E-state index contributed by atoms with van der Waals surface area (Å²) >= 11 is 11.5. The van der Waals surface area contributed by atoms with E-state index in [0.717, 1.165) is 7.11 Å². The molecule has 0 aliphatic heterocycles. The van der Waals surface area contributed by atoms with Gasteiger partial charge in [-0.2, -0.15) is 10.4 Å². The molecule has 0 bridgehead atoms. The van der Waals surface area contributed by atoms with Crippen LogP contribution >= 0.6 is 23.2 Å². The van der Waals surface area contributed by atoms with Crippen molar-refractivity contribution in [3.8, 4) is 6.07 Å². The minimum absolute atomic E-state index is 0.399. The Morgan fingerprint density at radius 2 is 2.00 bits per heavy atom. The third kappa shape index (κ3) is 3.94. The quantitative estimate of drug-likeness (QED) is 0.521. The van der Waals surface area contributed by atoms with Gasteiger partial charge in [0, 0.05) is 10.0 Å². The molecule has 0 spiro atoms. The van der Waals surface area contributed by atoms with Crippen molar-refractivity contribution in [3.05, 3.63) is 28.2 Å². The van der Waals surface area contributed by atoms with E-state index in [9.17, 15) is 4.79 Å². The average molecular weight is 272 g/mol. The molecule has 88 valence electrons. The van der Waals surface area contributed by atoms with E-state index in [1.807, 2.05) is 0 Å². The molecule has 0 aliphatic carbocycles. The molecular formula is C10H7Cl2N3O2. The molecule has 1 N–H and O–H groups in total. The van der Waals surface area contributed by atoms with Crippen molar-refractivity contribution in [3.63, 3.8) is 0 Å². The van der Waals surface area contributed by atoms with Crippen LogP contribution in [-0.2, 0) is 9.53 Å². The zero-order valence-corrected chi connectivity index (χ0v) is 10.2. The smallest absolute Gasteiger partial charge is 0.369 e. The van der Waals surface area contributed by atoms with E-state index in [1.165, 1.54) is 0 Å². The number of esters is 1. The number of nitrogens with zero attached hydrogens (tertiary/aromatic N) is 2.